The van der Waals surface area contributed by atoms with E-state index in [0.717, 1.165) is 29.7 Å². The van der Waals surface area contributed by atoms with Crippen molar-refractivity contribution < 1.29 is 4.79 Å². The first-order valence-electron chi connectivity index (χ1n) is 9.77. The number of anilines is 1. The maximum atomic E-state index is 13.1. The van der Waals surface area contributed by atoms with E-state index in [1.54, 1.807) is 35.6 Å². The summed E-state index contributed by atoms with van der Waals surface area (Å²) in [7, 11) is 0. The minimum atomic E-state index is -0.271. The first-order valence-corrected chi connectivity index (χ1v) is 11.0. The van der Waals surface area contributed by atoms with E-state index in [4.69, 9.17) is 11.6 Å². The Balaban J connectivity index is 1.59. The Morgan fingerprint density at radius 2 is 2.03 bits per heavy atom. The topological polar surface area (TPSA) is 64.0 Å². The quantitative estimate of drug-likeness (QED) is 0.643. The Kier molecular flexibility index (Phi) is 5.25. The van der Waals surface area contributed by atoms with Crippen LogP contribution < -0.4 is 10.9 Å². The number of nitrogens with zero attached hydrogens (tertiary/aromatic N) is 2. The van der Waals surface area contributed by atoms with Crippen LogP contribution in [0.1, 0.15) is 37.6 Å². The van der Waals surface area contributed by atoms with Gasteiger partial charge < -0.3 is 5.32 Å². The summed E-state index contributed by atoms with van der Waals surface area (Å²) < 4.78 is 1.40. The molecular formula is C22H24ClN3O2S. The number of halogens is 1. The Morgan fingerprint density at radius 3 is 2.72 bits per heavy atom. The number of carbonyl (C=O) groups excluding carboxylic acids is 1. The van der Waals surface area contributed by atoms with Gasteiger partial charge >= 0.3 is 0 Å². The lowest BCUT2D eigenvalue weighted by molar-refractivity contribution is -0.116. The largest absolute Gasteiger partial charge is 0.325 e. The van der Waals surface area contributed by atoms with E-state index in [2.05, 4.69) is 31.1 Å². The monoisotopic (exact) mass is 429 g/mol. The summed E-state index contributed by atoms with van der Waals surface area (Å²) >= 11 is 7.50. The van der Waals surface area contributed by atoms with Gasteiger partial charge in [0.15, 0.2) is 0 Å². The highest BCUT2D eigenvalue weighted by Crippen LogP contribution is 2.41. The fourth-order valence-corrected chi connectivity index (χ4v) is 5.33. The number of fused-ring (bicyclic) bond motifs is 3. The van der Waals surface area contributed by atoms with Crippen molar-refractivity contribution in [3.63, 3.8) is 0 Å². The molecular weight excluding hydrogens is 406 g/mol. The minimum Gasteiger partial charge on any atom is -0.325 e. The maximum Gasteiger partial charge on any atom is 0.262 e. The smallest absolute Gasteiger partial charge is 0.262 e. The van der Waals surface area contributed by atoms with Crippen LogP contribution in [0, 0.1) is 11.3 Å². The van der Waals surface area contributed by atoms with Gasteiger partial charge in [-0.1, -0.05) is 32.4 Å². The summed E-state index contributed by atoms with van der Waals surface area (Å²) in [5.74, 6) is 0.336. The summed E-state index contributed by atoms with van der Waals surface area (Å²) in [5, 5.41) is 4.08. The van der Waals surface area contributed by atoms with Crippen LogP contribution in [0.15, 0.2) is 35.4 Å². The molecule has 29 heavy (non-hydrogen) atoms. The second-order valence-electron chi connectivity index (χ2n) is 8.72. The minimum absolute atomic E-state index is 0.0698. The van der Waals surface area contributed by atoms with Crippen LogP contribution in [-0.2, 0) is 24.2 Å². The number of aryl methyl sites for hydroxylation is 1. The molecule has 5 nitrogen and oxygen atoms in total. The molecule has 1 aliphatic rings. The van der Waals surface area contributed by atoms with Crippen molar-refractivity contribution in [3.05, 3.63) is 56.4 Å². The lowest BCUT2D eigenvalue weighted by Gasteiger charge is -2.33. The van der Waals surface area contributed by atoms with Crippen molar-refractivity contribution in [2.75, 3.05) is 5.32 Å². The summed E-state index contributed by atoms with van der Waals surface area (Å²) in [6, 6.07) is 6.87. The molecule has 4 rings (SSSR count). The molecule has 1 unspecified atom stereocenters. The highest BCUT2D eigenvalue weighted by atomic mass is 35.5. The molecule has 0 spiro atoms. The fourth-order valence-electron chi connectivity index (χ4n) is 3.94. The van der Waals surface area contributed by atoms with Crippen LogP contribution in [0.3, 0.4) is 0 Å². The van der Waals surface area contributed by atoms with Gasteiger partial charge in [-0.25, -0.2) is 4.98 Å². The molecule has 0 radical (unpaired) electrons. The number of nitrogens with one attached hydrogen (secondary N) is 1. The second kappa shape index (κ2) is 7.58. The van der Waals surface area contributed by atoms with E-state index < -0.39 is 0 Å². The SMILES string of the molecule is CC(C)(C)C1CCc2c(sc3ncn(CC(=O)Nc4ccc(Cl)cc4)c(=O)c23)C1. The Bertz CT molecular complexity index is 1130. The number of hydrogen-bond acceptors (Lipinski definition) is 4. The molecule has 2 aromatic heterocycles. The predicted octanol–water partition coefficient (Wildman–Crippen LogP) is 4.90. The molecule has 0 saturated heterocycles. The third-order valence-corrected chi connectivity index (χ3v) is 7.12. The first-order chi connectivity index (χ1) is 13.7. The highest BCUT2D eigenvalue weighted by molar-refractivity contribution is 7.18. The predicted molar refractivity (Wildman–Crippen MR) is 119 cm³/mol. The van der Waals surface area contributed by atoms with Crippen molar-refractivity contribution in [1.29, 1.82) is 0 Å². The van der Waals surface area contributed by atoms with E-state index >= 15 is 0 Å². The molecule has 0 aliphatic heterocycles. The third kappa shape index (κ3) is 4.09. The second-order valence-corrected chi connectivity index (χ2v) is 10.2. The van der Waals surface area contributed by atoms with Crippen LogP contribution in [0.4, 0.5) is 5.69 Å². The van der Waals surface area contributed by atoms with E-state index in [9.17, 15) is 9.59 Å². The zero-order valence-electron chi connectivity index (χ0n) is 16.8. The van der Waals surface area contributed by atoms with Crippen LogP contribution in [0.25, 0.3) is 10.2 Å². The summed E-state index contributed by atoms with van der Waals surface area (Å²) in [6.07, 6.45) is 4.45. The number of carbonyl (C=O) groups is 1. The van der Waals surface area contributed by atoms with Crippen LogP contribution >= 0.6 is 22.9 Å². The number of amides is 1. The van der Waals surface area contributed by atoms with Crippen molar-refractivity contribution in [2.45, 2.75) is 46.6 Å². The van der Waals surface area contributed by atoms with Gasteiger partial charge in [-0.15, -0.1) is 11.3 Å². The van der Waals surface area contributed by atoms with E-state index in [0.29, 0.717) is 22.0 Å². The van der Waals surface area contributed by atoms with E-state index in [1.807, 2.05) is 0 Å². The number of hydrogen-bond donors (Lipinski definition) is 1. The van der Waals surface area contributed by atoms with Gasteiger partial charge in [0.1, 0.15) is 11.4 Å². The van der Waals surface area contributed by atoms with Crippen LogP contribution in [0.2, 0.25) is 5.02 Å². The molecule has 1 N–H and O–H groups in total. The van der Waals surface area contributed by atoms with Gasteiger partial charge in [-0.3, -0.25) is 14.2 Å². The van der Waals surface area contributed by atoms with E-state index in [1.165, 1.54) is 15.8 Å². The molecule has 3 aromatic rings. The molecule has 1 aromatic carbocycles. The van der Waals surface area contributed by atoms with Crippen molar-refractivity contribution in [3.8, 4) is 0 Å². The lowest BCUT2D eigenvalue weighted by atomic mass is 9.72. The number of thiophene rings is 1. The van der Waals surface area contributed by atoms with Gasteiger partial charge in [-0.2, -0.15) is 0 Å². The Hall–Kier alpha value is -2.18. The summed E-state index contributed by atoms with van der Waals surface area (Å²) in [6.45, 7) is 6.77. The normalized spacial score (nSPS) is 16.6. The first kappa shape index (κ1) is 20.1. The molecule has 7 heteroatoms. The molecule has 0 saturated carbocycles. The number of benzene rings is 1. The molecule has 1 atom stereocenters. The zero-order valence-corrected chi connectivity index (χ0v) is 18.4. The average molecular weight is 430 g/mol. The molecule has 0 fully saturated rings. The average Bonchev–Trinajstić information content (AvgIpc) is 3.03. The fraction of sp³-hybridized carbons (Fsp3) is 0.409. The number of aromatic nitrogens is 2. The zero-order chi connectivity index (χ0) is 20.8. The van der Waals surface area contributed by atoms with Crippen molar-refractivity contribution in [2.24, 2.45) is 11.3 Å². The molecule has 1 amide bonds. The molecule has 0 bridgehead atoms. The standard InChI is InChI=1S/C22H24ClN3O2S/c1-22(2,3)13-4-9-16-17(10-13)29-20-19(16)21(28)26(12-24-20)11-18(27)25-15-7-5-14(23)6-8-15/h5-8,12-13H,4,9-11H2,1-3H3,(H,25,27). The Morgan fingerprint density at radius 1 is 1.31 bits per heavy atom. The Labute approximate surface area is 178 Å². The van der Waals surface area contributed by atoms with Gasteiger partial charge in [0.2, 0.25) is 5.91 Å². The highest BCUT2D eigenvalue weighted by Gasteiger charge is 2.31. The summed E-state index contributed by atoms with van der Waals surface area (Å²) in [4.78, 5) is 32.1. The molecule has 152 valence electrons. The summed E-state index contributed by atoms with van der Waals surface area (Å²) in [5.41, 5.74) is 1.90. The van der Waals surface area contributed by atoms with Crippen molar-refractivity contribution >= 4 is 44.7 Å². The van der Waals surface area contributed by atoms with Gasteiger partial charge in [0, 0.05) is 15.6 Å². The van der Waals surface area contributed by atoms with Crippen molar-refractivity contribution in [1.82, 2.24) is 9.55 Å². The van der Waals surface area contributed by atoms with Gasteiger partial charge in [0.25, 0.3) is 5.56 Å². The van der Waals surface area contributed by atoms with Gasteiger partial charge in [0.05, 0.1) is 11.7 Å². The third-order valence-electron chi connectivity index (χ3n) is 5.70. The van der Waals surface area contributed by atoms with Gasteiger partial charge in [-0.05, 0) is 60.4 Å². The van der Waals surface area contributed by atoms with Crippen LogP contribution in [0.5, 0.6) is 0 Å². The lowest BCUT2D eigenvalue weighted by Crippen LogP contribution is -2.29. The van der Waals surface area contributed by atoms with E-state index in [-0.39, 0.29) is 23.4 Å². The number of rotatable bonds is 3. The van der Waals surface area contributed by atoms with Crippen LogP contribution in [-0.4, -0.2) is 15.5 Å². The molecule has 1 aliphatic carbocycles. The molecule has 2 heterocycles. The maximum absolute atomic E-state index is 13.1.